The molecular weight excluding hydrogens is 384 g/mol. The molecule has 3 aromatic rings. The van der Waals surface area contributed by atoms with Crippen molar-refractivity contribution in [2.24, 2.45) is 23.2 Å². The van der Waals surface area contributed by atoms with Gasteiger partial charge in [0.25, 0.3) is 5.91 Å². The third kappa shape index (κ3) is 2.94. The average Bonchev–Trinajstić information content (AvgIpc) is 3.14. The van der Waals surface area contributed by atoms with Crippen LogP contribution in [0.5, 0.6) is 0 Å². The Bertz CT molecular complexity index is 1070. The van der Waals surface area contributed by atoms with Crippen molar-refractivity contribution in [3.8, 4) is 5.95 Å². The van der Waals surface area contributed by atoms with Crippen LogP contribution in [0.1, 0.15) is 43.5 Å². The van der Waals surface area contributed by atoms with Gasteiger partial charge in [-0.1, -0.05) is 31.5 Å². The Morgan fingerprint density at radius 3 is 2.76 bits per heavy atom. The molecule has 1 amide bonds. The van der Waals surface area contributed by atoms with Gasteiger partial charge in [-0.25, -0.2) is 9.97 Å². The molecule has 2 unspecified atom stereocenters. The van der Waals surface area contributed by atoms with E-state index in [1.165, 1.54) is 19.3 Å². The van der Waals surface area contributed by atoms with E-state index in [-0.39, 0.29) is 5.91 Å². The van der Waals surface area contributed by atoms with Crippen LogP contribution in [0.3, 0.4) is 0 Å². The zero-order valence-corrected chi connectivity index (χ0v) is 17.5. The standard InChI is InChI=1S/C23H25ClN4O/c1-23(2)15-8-7-14(17(23)11-15)12-27-21(29)16-13-28(22-25-9-4-10-26-22)19-6-3-5-18(24)20(16)19/h3-6,9-10,13-15,17H,7-8,11-12H2,1-2H3,(H,27,29)/t14-,15?,17?/m0/s1. The fraction of sp³-hybridized carbons (Fsp3) is 0.435. The molecule has 5 nitrogen and oxygen atoms in total. The summed E-state index contributed by atoms with van der Waals surface area (Å²) in [5.74, 6) is 2.57. The smallest absolute Gasteiger partial charge is 0.253 e. The summed E-state index contributed by atoms with van der Waals surface area (Å²) >= 11 is 6.49. The van der Waals surface area contributed by atoms with Crippen LogP contribution in [-0.2, 0) is 0 Å². The number of amides is 1. The molecule has 0 spiro atoms. The Balaban J connectivity index is 1.43. The van der Waals surface area contributed by atoms with E-state index in [1.54, 1.807) is 24.7 Å². The Morgan fingerprint density at radius 2 is 2.03 bits per heavy atom. The number of fused-ring (bicyclic) bond motifs is 3. The van der Waals surface area contributed by atoms with Crippen LogP contribution in [-0.4, -0.2) is 27.0 Å². The number of halogens is 1. The summed E-state index contributed by atoms with van der Waals surface area (Å²) in [5, 5.41) is 4.49. The molecule has 3 fully saturated rings. The lowest BCUT2D eigenvalue weighted by molar-refractivity contribution is -0.103. The highest BCUT2D eigenvalue weighted by Gasteiger charge is 2.53. The summed E-state index contributed by atoms with van der Waals surface area (Å²) in [4.78, 5) is 21.8. The van der Waals surface area contributed by atoms with E-state index in [1.807, 2.05) is 22.8 Å². The molecule has 2 heterocycles. The minimum atomic E-state index is -0.0861. The molecule has 3 atom stereocenters. The quantitative estimate of drug-likeness (QED) is 0.669. The molecule has 2 bridgehead atoms. The van der Waals surface area contributed by atoms with Gasteiger partial charge >= 0.3 is 0 Å². The lowest BCUT2D eigenvalue weighted by Gasteiger charge is -2.60. The van der Waals surface area contributed by atoms with E-state index in [2.05, 4.69) is 29.1 Å². The Kier molecular flexibility index (Phi) is 4.39. The lowest BCUT2D eigenvalue weighted by atomic mass is 9.45. The van der Waals surface area contributed by atoms with Crippen LogP contribution in [0.25, 0.3) is 16.9 Å². The van der Waals surface area contributed by atoms with Crippen molar-refractivity contribution in [3.63, 3.8) is 0 Å². The number of nitrogens with one attached hydrogen (secondary N) is 1. The second-order valence-electron chi connectivity index (χ2n) is 9.00. The minimum absolute atomic E-state index is 0.0861. The monoisotopic (exact) mass is 408 g/mol. The van der Waals surface area contributed by atoms with Crippen molar-refractivity contribution >= 4 is 28.4 Å². The normalized spacial score (nSPS) is 24.9. The summed E-state index contributed by atoms with van der Waals surface area (Å²) in [6, 6.07) is 7.40. The Morgan fingerprint density at radius 1 is 1.24 bits per heavy atom. The number of nitrogens with zero attached hydrogens (tertiary/aromatic N) is 3. The predicted molar refractivity (Wildman–Crippen MR) is 114 cm³/mol. The van der Waals surface area contributed by atoms with Crippen LogP contribution in [0.4, 0.5) is 0 Å². The van der Waals surface area contributed by atoms with Gasteiger partial charge in [-0.15, -0.1) is 0 Å². The molecule has 0 radical (unpaired) electrons. The van der Waals surface area contributed by atoms with Gasteiger partial charge in [0.1, 0.15) is 0 Å². The number of carbonyl (C=O) groups excluding carboxylic acids is 1. The second-order valence-corrected chi connectivity index (χ2v) is 9.41. The maximum absolute atomic E-state index is 13.2. The largest absolute Gasteiger partial charge is 0.352 e. The molecule has 6 heteroatoms. The predicted octanol–water partition coefficient (Wildman–Crippen LogP) is 4.88. The van der Waals surface area contributed by atoms with Gasteiger partial charge in [-0.2, -0.15) is 0 Å². The van der Waals surface area contributed by atoms with E-state index in [9.17, 15) is 4.79 Å². The third-order valence-corrected chi connectivity index (χ3v) is 7.63. The van der Waals surface area contributed by atoms with Gasteiger partial charge in [0.15, 0.2) is 0 Å². The van der Waals surface area contributed by atoms with Gasteiger partial charge in [-0.3, -0.25) is 9.36 Å². The fourth-order valence-electron chi connectivity index (χ4n) is 5.52. The first kappa shape index (κ1) is 18.6. The number of rotatable bonds is 4. The summed E-state index contributed by atoms with van der Waals surface area (Å²) in [5.41, 5.74) is 1.81. The second kappa shape index (κ2) is 6.84. The SMILES string of the molecule is CC1(C)C2CC[C@@H](CNC(=O)c3cn(-c4ncccn4)c4cccc(Cl)c34)C1C2. The van der Waals surface area contributed by atoms with Gasteiger partial charge < -0.3 is 5.32 Å². The summed E-state index contributed by atoms with van der Waals surface area (Å²) in [6.45, 7) is 5.48. The molecule has 3 aliphatic carbocycles. The van der Waals surface area contributed by atoms with Crippen LogP contribution >= 0.6 is 11.6 Å². The summed E-state index contributed by atoms with van der Waals surface area (Å²) < 4.78 is 1.83. The van der Waals surface area contributed by atoms with Crippen LogP contribution < -0.4 is 5.32 Å². The van der Waals surface area contributed by atoms with E-state index in [0.29, 0.717) is 33.8 Å². The van der Waals surface area contributed by atoms with Crippen molar-refractivity contribution in [1.82, 2.24) is 19.9 Å². The summed E-state index contributed by atoms with van der Waals surface area (Å²) in [7, 11) is 0. The van der Waals surface area contributed by atoms with Crippen LogP contribution in [0.15, 0.2) is 42.9 Å². The molecule has 3 aliphatic rings. The van der Waals surface area contributed by atoms with Crippen molar-refractivity contribution in [3.05, 3.63) is 53.4 Å². The van der Waals surface area contributed by atoms with E-state index in [4.69, 9.17) is 11.6 Å². The number of benzene rings is 1. The van der Waals surface area contributed by atoms with Crippen LogP contribution in [0, 0.1) is 23.2 Å². The highest BCUT2D eigenvalue weighted by molar-refractivity contribution is 6.37. The van der Waals surface area contributed by atoms with Gasteiger partial charge in [0.2, 0.25) is 5.95 Å². The molecule has 1 N–H and O–H groups in total. The van der Waals surface area contributed by atoms with Crippen LogP contribution in [0.2, 0.25) is 5.02 Å². The highest BCUT2D eigenvalue weighted by atomic mass is 35.5. The first-order valence-corrected chi connectivity index (χ1v) is 10.7. The maximum Gasteiger partial charge on any atom is 0.253 e. The van der Waals surface area contributed by atoms with Gasteiger partial charge in [0.05, 0.1) is 16.1 Å². The molecular formula is C23H25ClN4O. The average molecular weight is 409 g/mol. The molecule has 3 saturated carbocycles. The highest BCUT2D eigenvalue weighted by Crippen LogP contribution is 2.61. The molecule has 150 valence electrons. The van der Waals surface area contributed by atoms with E-state index >= 15 is 0 Å². The maximum atomic E-state index is 13.2. The fourth-order valence-corrected chi connectivity index (χ4v) is 5.79. The van der Waals surface area contributed by atoms with Crippen molar-refractivity contribution < 1.29 is 4.79 Å². The Labute approximate surface area is 175 Å². The van der Waals surface area contributed by atoms with Crippen molar-refractivity contribution in [2.45, 2.75) is 33.1 Å². The molecule has 0 saturated heterocycles. The zero-order valence-electron chi connectivity index (χ0n) is 16.7. The molecule has 2 aromatic heterocycles. The third-order valence-electron chi connectivity index (χ3n) is 7.32. The van der Waals surface area contributed by atoms with Gasteiger partial charge in [-0.05, 0) is 60.6 Å². The lowest BCUT2D eigenvalue weighted by Crippen LogP contribution is -2.54. The molecule has 1 aromatic carbocycles. The topological polar surface area (TPSA) is 59.8 Å². The van der Waals surface area contributed by atoms with Gasteiger partial charge in [0, 0.05) is 30.5 Å². The minimum Gasteiger partial charge on any atom is -0.352 e. The first-order chi connectivity index (χ1) is 14.0. The summed E-state index contributed by atoms with van der Waals surface area (Å²) in [6.07, 6.45) is 8.97. The molecule has 29 heavy (non-hydrogen) atoms. The first-order valence-electron chi connectivity index (χ1n) is 10.3. The molecule has 6 rings (SSSR count). The van der Waals surface area contributed by atoms with Crippen molar-refractivity contribution in [1.29, 1.82) is 0 Å². The molecule has 0 aliphatic heterocycles. The Hall–Kier alpha value is -2.40. The van der Waals surface area contributed by atoms with E-state index < -0.39 is 0 Å². The number of hydrogen-bond donors (Lipinski definition) is 1. The number of hydrogen-bond acceptors (Lipinski definition) is 3. The number of aromatic nitrogens is 3. The van der Waals surface area contributed by atoms with Crippen molar-refractivity contribution in [2.75, 3.05) is 6.54 Å². The van der Waals surface area contributed by atoms with E-state index in [0.717, 1.165) is 23.4 Å². The number of carbonyl (C=O) groups is 1. The zero-order chi connectivity index (χ0) is 20.2.